The summed E-state index contributed by atoms with van der Waals surface area (Å²) in [6.45, 7) is 3.00. The summed E-state index contributed by atoms with van der Waals surface area (Å²) in [6, 6.07) is 18.2. The SMILES string of the molecule is O=C(NCCc1cccnc1)c1cccnc1N1CCN[C@H](c2ccccc2)C1. The van der Waals surface area contributed by atoms with Crippen LogP contribution in [0.25, 0.3) is 0 Å². The van der Waals surface area contributed by atoms with Crippen molar-refractivity contribution in [3.8, 4) is 0 Å². The maximum absolute atomic E-state index is 12.8. The first-order valence-electron chi connectivity index (χ1n) is 9.96. The number of hydrogen-bond donors (Lipinski definition) is 2. The Morgan fingerprint density at radius 3 is 2.79 bits per heavy atom. The van der Waals surface area contributed by atoms with E-state index in [4.69, 9.17) is 0 Å². The second-order valence-corrected chi connectivity index (χ2v) is 7.11. The van der Waals surface area contributed by atoms with Gasteiger partial charge in [0.2, 0.25) is 0 Å². The van der Waals surface area contributed by atoms with E-state index in [9.17, 15) is 4.79 Å². The summed E-state index contributed by atoms with van der Waals surface area (Å²) >= 11 is 0. The highest BCUT2D eigenvalue weighted by Crippen LogP contribution is 2.23. The van der Waals surface area contributed by atoms with Gasteiger partial charge in [0.1, 0.15) is 5.82 Å². The second-order valence-electron chi connectivity index (χ2n) is 7.11. The number of aromatic nitrogens is 2. The highest BCUT2D eigenvalue weighted by Gasteiger charge is 2.24. The van der Waals surface area contributed by atoms with Crippen LogP contribution >= 0.6 is 0 Å². The van der Waals surface area contributed by atoms with Crippen molar-refractivity contribution in [2.24, 2.45) is 0 Å². The molecule has 2 N–H and O–H groups in total. The molecule has 1 aliphatic heterocycles. The molecule has 1 aromatic carbocycles. The molecule has 29 heavy (non-hydrogen) atoms. The maximum Gasteiger partial charge on any atom is 0.255 e. The van der Waals surface area contributed by atoms with Crippen LogP contribution in [-0.2, 0) is 6.42 Å². The number of carbonyl (C=O) groups excluding carboxylic acids is 1. The monoisotopic (exact) mass is 387 g/mol. The first-order valence-corrected chi connectivity index (χ1v) is 9.96. The third-order valence-corrected chi connectivity index (χ3v) is 5.13. The normalized spacial score (nSPS) is 16.4. The third-order valence-electron chi connectivity index (χ3n) is 5.13. The van der Waals surface area contributed by atoms with Crippen molar-refractivity contribution < 1.29 is 4.79 Å². The summed E-state index contributed by atoms with van der Waals surface area (Å²) in [6.07, 6.45) is 6.08. The summed E-state index contributed by atoms with van der Waals surface area (Å²) in [5.41, 5.74) is 2.97. The molecular formula is C23H25N5O. The van der Waals surface area contributed by atoms with E-state index in [2.05, 4.69) is 49.8 Å². The van der Waals surface area contributed by atoms with Crippen molar-refractivity contribution in [1.82, 2.24) is 20.6 Å². The number of carbonyl (C=O) groups is 1. The number of benzene rings is 1. The summed E-state index contributed by atoms with van der Waals surface area (Å²) in [5, 5.41) is 6.58. The standard InChI is InChI=1S/C23H25N5O/c29-23(27-13-10-18-6-4-11-24-16-18)20-9-5-12-26-22(20)28-15-14-25-21(17-28)19-7-2-1-3-8-19/h1-9,11-12,16,21,25H,10,13-15,17H2,(H,27,29)/t21-/m0/s1. The van der Waals surface area contributed by atoms with E-state index in [-0.39, 0.29) is 11.9 Å². The van der Waals surface area contributed by atoms with E-state index >= 15 is 0 Å². The largest absolute Gasteiger partial charge is 0.353 e. The van der Waals surface area contributed by atoms with Gasteiger partial charge in [-0.15, -0.1) is 0 Å². The zero-order valence-corrected chi connectivity index (χ0v) is 16.3. The molecule has 6 nitrogen and oxygen atoms in total. The van der Waals surface area contributed by atoms with Gasteiger partial charge >= 0.3 is 0 Å². The number of amides is 1. The van der Waals surface area contributed by atoms with Gasteiger partial charge < -0.3 is 15.5 Å². The molecule has 3 heterocycles. The van der Waals surface area contributed by atoms with E-state index in [0.717, 1.165) is 37.4 Å². The number of nitrogens with one attached hydrogen (secondary N) is 2. The highest BCUT2D eigenvalue weighted by atomic mass is 16.1. The molecule has 1 fully saturated rings. The van der Waals surface area contributed by atoms with Crippen molar-refractivity contribution >= 4 is 11.7 Å². The molecule has 1 aliphatic rings. The van der Waals surface area contributed by atoms with Crippen LogP contribution in [0.15, 0.2) is 73.2 Å². The quantitative estimate of drug-likeness (QED) is 0.680. The van der Waals surface area contributed by atoms with Gasteiger partial charge in [-0.3, -0.25) is 9.78 Å². The molecule has 0 unspecified atom stereocenters. The molecular weight excluding hydrogens is 362 g/mol. The van der Waals surface area contributed by atoms with E-state index in [1.165, 1.54) is 5.56 Å². The van der Waals surface area contributed by atoms with Gasteiger partial charge in [0, 0.05) is 50.8 Å². The Morgan fingerprint density at radius 1 is 1.10 bits per heavy atom. The molecule has 0 saturated carbocycles. The van der Waals surface area contributed by atoms with Gasteiger partial charge in [0.15, 0.2) is 0 Å². The minimum Gasteiger partial charge on any atom is -0.353 e. The number of anilines is 1. The van der Waals surface area contributed by atoms with Crippen LogP contribution < -0.4 is 15.5 Å². The molecule has 6 heteroatoms. The first kappa shape index (κ1) is 19.1. The van der Waals surface area contributed by atoms with Gasteiger partial charge in [-0.1, -0.05) is 36.4 Å². The molecule has 0 bridgehead atoms. The Morgan fingerprint density at radius 2 is 1.97 bits per heavy atom. The van der Waals surface area contributed by atoms with Gasteiger partial charge in [-0.25, -0.2) is 4.98 Å². The van der Waals surface area contributed by atoms with Crippen molar-refractivity contribution in [3.05, 3.63) is 89.9 Å². The molecule has 0 spiro atoms. The Labute approximate surface area is 171 Å². The summed E-state index contributed by atoms with van der Waals surface area (Å²) in [5.74, 6) is 0.653. The lowest BCUT2D eigenvalue weighted by molar-refractivity contribution is 0.0954. The van der Waals surface area contributed by atoms with Crippen LogP contribution in [0.1, 0.15) is 27.5 Å². The Hall–Kier alpha value is -3.25. The van der Waals surface area contributed by atoms with Crippen LogP contribution in [-0.4, -0.2) is 42.1 Å². The zero-order valence-electron chi connectivity index (χ0n) is 16.3. The number of pyridine rings is 2. The molecule has 2 aromatic heterocycles. The summed E-state index contributed by atoms with van der Waals surface area (Å²) < 4.78 is 0. The van der Waals surface area contributed by atoms with Crippen molar-refractivity contribution in [2.45, 2.75) is 12.5 Å². The lowest BCUT2D eigenvalue weighted by atomic mass is 10.0. The van der Waals surface area contributed by atoms with Gasteiger partial charge in [0.25, 0.3) is 5.91 Å². The lowest BCUT2D eigenvalue weighted by Gasteiger charge is -2.35. The van der Waals surface area contributed by atoms with Crippen LogP contribution in [0.3, 0.4) is 0 Å². The van der Waals surface area contributed by atoms with E-state index in [0.29, 0.717) is 12.1 Å². The molecule has 1 saturated heterocycles. The molecule has 4 rings (SSSR count). The van der Waals surface area contributed by atoms with Crippen molar-refractivity contribution in [3.63, 3.8) is 0 Å². The topological polar surface area (TPSA) is 70.2 Å². The van der Waals surface area contributed by atoms with Crippen LogP contribution in [0.4, 0.5) is 5.82 Å². The van der Waals surface area contributed by atoms with Gasteiger partial charge in [-0.2, -0.15) is 0 Å². The number of rotatable bonds is 6. The van der Waals surface area contributed by atoms with Crippen LogP contribution in [0.2, 0.25) is 0 Å². The predicted octanol–water partition coefficient (Wildman–Crippen LogP) is 2.60. The van der Waals surface area contributed by atoms with Crippen LogP contribution in [0, 0.1) is 0 Å². The number of piperazine rings is 1. The summed E-state index contributed by atoms with van der Waals surface area (Å²) in [4.78, 5) is 23.7. The number of nitrogens with zero attached hydrogens (tertiary/aromatic N) is 3. The Balaban J connectivity index is 1.44. The highest BCUT2D eigenvalue weighted by molar-refractivity contribution is 5.98. The zero-order chi connectivity index (χ0) is 19.9. The van der Waals surface area contributed by atoms with Crippen LogP contribution in [0.5, 0.6) is 0 Å². The lowest BCUT2D eigenvalue weighted by Crippen LogP contribution is -2.47. The fourth-order valence-electron chi connectivity index (χ4n) is 3.64. The Kier molecular flexibility index (Phi) is 6.12. The maximum atomic E-state index is 12.8. The average molecular weight is 387 g/mol. The average Bonchev–Trinajstić information content (AvgIpc) is 2.80. The fraction of sp³-hybridized carbons (Fsp3) is 0.261. The van der Waals surface area contributed by atoms with E-state index < -0.39 is 0 Å². The van der Waals surface area contributed by atoms with E-state index in [1.54, 1.807) is 12.4 Å². The molecule has 1 atom stereocenters. The molecule has 148 valence electrons. The smallest absolute Gasteiger partial charge is 0.255 e. The third kappa shape index (κ3) is 4.78. The molecule has 0 radical (unpaired) electrons. The van der Waals surface area contributed by atoms with Crippen molar-refractivity contribution in [2.75, 3.05) is 31.1 Å². The predicted molar refractivity (Wildman–Crippen MR) is 114 cm³/mol. The van der Waals surface area contributed by atoms with Gasteiger partial charge in [-0.05, 0) is 35.7 Å². The molecule has 0 aliphatic carbocycles. The summed E-state index contributed by atoms with van der Waals surface area (Å²) in [7, 11) is 0. The molecule has 3 aromatic rings. The number of hydrogen-bond acceptors (Lipinski definition) is 5. The Bertz CT molecular complexity index is 932. The van der Waals surface area contributed by atoms with E-state index in [1.807, 2.05) is 36.5 Å². The first-order chi connectivity index (χ1) is 14.3. The molecule has 1 amide bonds. The minimum absolute atomic E-state index is 0.0909. The van der Waals surface area contributed by atoms with Crippen molar-refractivity contribution in [1.29, 1.82) is 0 Å². The minimum atomic E-state index is -0.0909. The fourth-order valence-corrected chi connectivity index (χ4v) is 3.64. The van der Waals surface area contributed by atoms with Gasteiger partial charge in [0.05, 0.1) is 5.56 Å². The second kappa shape index (κ2) is 9.30.